The number of benzene rings is 1. The van der Waals surface area contributed by atoms with Crippen LogP contribution in [0.5, 0.6) is 0 Å². The molecule has 0 radical (unpaired) electrons. The Morgan fingerprint density at radius 1 is 1.39 bits per heavy atom. The lowest BCUT2D eigenvalue weighted by Gasteiger charge is -2.21. The molecule has 3 N–H and O–H groups in total. The van der Waals surface area contributed by atoms with Crippen molar-refractivity contribution in [1.82, 2.24) is 14.9 Å². The van der Waals surface area contributed by atoms with Crippen LogP contribution in [0.25, 0.3) is 11.0 Å². The minimum absolute atomic E-state index is 0.671. The number of anilines is 1. The summed E-state index contributed by atoms with van der Waals surface area (Å²) in [5, 5.41) is 0. The van der Waals surface area contributed by atoms with Gasteiger partial charge in [-0.1, -0.05) is 20.8 Å². The number of nitrogens with two attached hydrogens (primary N) is 1. The molecule has 0 unspecified atom stereocenters. The first kappa shape index (κ1) is 12.9. The number of fused-ring (bicyclic) bond motifs is 1. The Labute approximate surface area is 108 Å². The lowest BCUT2D eigenvalue weighted by molar-refractivity contribution is 0.243. The average Bonchev–Trinajstić information content (AvgIpc) is 2.68. The van der Waals surface area contributed by atoms with Crippen LogP contribution in [0, 0.1) is 5.92 Å². The van der Waals surface area contributed by atoms with E-state index in [4.69, 9.17) is 5.73 Å². The lowest BCUT2D eigenvalue weighted by atomic mass is 10.2. The molecule has 0 amide bonds. The molecule has 18 heavy (non-hydrogen) atoms. The number of imidazole rings is 1. The summed E-state index contributed by atoms with van der Waals surface area (Å²) in [5.74, 6) is 1.68. The first-order chi connectivity index (χ1) is 8.58. The van der Waals surface area contributed by atoms with E-state index in [1.54, 1.807) is 0 Å². The highest BCUT2D eigenvalue weighted by Gasteiger charge is 2.09. The molecule has 2 aromatic rings. The average molecular weight is 246 g/mol. The molecule has 0 aliphatic rings. The van der Waals surface area contributed by atoms with Crippen molar-refractivity contribution in [2.24, 2.45) is 5.92 Å². The maximum atomic E-state index is 5.77. The van der Waals surface area contributed by atoms with Gasteiger partial charge in [0.15, 0.2) is 0 Å². The quantitative estimate of drug-likeness (QED) is 0.797. The number of hydrogen-bond acceptors (Lipinski definition) is 3. The van der Waals surface area contributed by atoms with Crippen LogP contribution >= 0.6 is 0 Å². The van der Waals surface area contributed by atoms with Crippen LogP contribution in [0.3, 0.4) is 0 Å². The van der Waals surface area contributed by atoms with Crippen LogP contribution in [0.2, 0.25) is 0 Å². The van der Waals surface area contributed by atoms with Crippen molar-refractivity contribution >= 4 is 16.7 Å². The minimum Gasteiger partial charge on any atom is -0.399 e. The predicted octanol–water partition coefficient (Wildman–Crippen LogP) is 2.62. The van der Waals surface area contributed by atoms with Crippen LogP contribution in [-0.2, 0) is 6.54 Å². The molecule has 4 nitrogen and oxygen atoms in total. The zero-order valence-electron chi connectivity index (χ0n) is 11.4. The number of rotatable bonds is 5. The molecule has 0 fully saturated rings. The highest BCUT2D eigenvalue weighted by atomic mass is 15.1. The van der Waals surface area contributed by atoms with Gasteiger partial charge >= 0.3 is 0 Å². The van der Waals surface area contributed by atoms with E-state index in [0.717, 1.165) is 42.2 Å². The number of H-pyrrole nitrogens is 1. The fraction of sp³-hybridized carbons (Fsp3) is 0.500. The zero-order valence-corrected chi connectivity index (χ0v) is 11.4. The molecule has 98 valence electrons. The van der Waals surface area contributed by atoms with Crippen molar-refractivity contribution in [3.63, 3.8) is 0 Å². The van der Waals surface area contributed by atoms with Crippen molar-refractivity contribution in [1.29, 1.82) is 0 Å². The Bertz CT molecular complexity index is 515. The Balaban J connectivity index is 2.15. The zero-order chi connectivity index (χ0) is 13.1. The largest absolute Gasteiger partial charge is 0.399 e. The SMILES string of the molecule is CCN(Cc1nc2ccc(N)cc2[nH]1)CC(C)C. The number of nitrogens with one attached hydrogen (secondary N) is 1. The standard InChI is InChI=1S/C14H22N4/c1-4-18(8-10(2)3)9-14-16-12-6-5-11(15)7-13(12)17-14/h5-7,10H,4,8-9,15H2,1-3H3,(H,16,17). The smallest absolute Gasteiger partial charge is 0.121 e. The van der Waals surface area contributed by atoms with E-state index in [2.05, 4.69) is 35.6 Å². The van der Waals surface area contributed by atoms with Crippen molar-refractivity contribution in [3.8, 4) is 0 Å². The van der Waals surface area contributed by atoms with Gasteiger partial charge in [-0.15, -0.1) is 0 Å². The number of hydrogen-bond donors (Lipinski definition) is 2. The molecule has 4 heteroatoms. The first-order valence-corrected chi connectivity index (χ1v) is 6.55. The van der Waals surface area contributed by atoms with E-state index >= 15 is 0 Å². The first-order valence-electron chi connectivity index (χ1n) is 6.55. The Morgan fingerprint density at radius 2 is 2.17 bits per heavy atom. The molecule has 0 atom stereocenters. The topological polar surface area (TPSA) is 57.9 Å². The van der Waals surface area contributed by atoms with Crippen LogP contribution in [-0.4, -0.2) is 28.0 Å². The van der Waals surface area contributed by atoms with Crippen LogP contribution < -0.4 is 5.73 Å². The summed E-state index contributed by atoms with van der Waals surface area (Å²) in [7, 11) is 0. The molecule has 0 aliphatic carbocycles. The molecule has 1 aromatic heterocycles. The van der Waals surface area contributed by atoms with Crippen molar-refractivity contribution < 1.29 is 0 Å². The predicted molar refractivity (Wildman–Crippen MR) is 76.3 cm³/mol. The number of nitrogen functional groups attached to an aromatic ring is 1. The van der Waals surface area contributed by atoms with Gasteiger partial charge in [0, 0.05) is 12.2 Å². The summed E-state index contributed by atoms with van der Waals surface area (Å²) in [4.78, 5) is 10.3. The molecule has 0 saturated carbocycles. The third-order valence-electron chi connectivity index (χ3n) is 3.00. The summed E-state index contributed by atoms with van der Waals surface area (Å²) in [6.07, 6.45) is 0. The van der Waals surface area contributed by atoms with Gasteiger partial charge in [0.25, 0.3) is 0 Å². The summed E-state index contributed by atoms with van der Waals surface area (Å²) in [5.41, 5.74) is 8.54. The molecule has 1 heterocycles. The fourth-order valence-corrected chi connectivity index (χ4v) is 2.19. The Morgan fingerprint density at radius 3 is 2.83 bits per heavy atom. The van der Waals surface area contributed by atoms with E-state index in [1.807, 2.05) is 18.2 Å². The van der Waals surface area contributed by atoms with Crippen LogP contribution in [0.4, 0.5) is 5.69 Å². The summed E-state index contributed by atoms with van der Waals surface area (Å²) in [6.45, 7) is 9.66. The third-order valence-corrected chi connectivity index (χ3v) is 3.00. The lowest BCUT2D eigenvalue weighted by Crippen LogP contribution is -2.27. The minimum atomic E-state index is 0.671. The molecular weight excluding hydrogens is 224 g/mol. The molecule has 2 rings (SSSR count). The number of aromatic amines is 1. The van der Waals surface area contributed by atoms with Crippen molar-refractivity contribution in [3.05, 3.63) is 24.0 Å². The fourth-order valence-electron chi connectivity index (χ4n) is 2.19. The molecule has 1 aromatic carbocycles. The van der Waals surface area contributed by atoms with E-state index in [0.29, 0.717) is 5.92 Å². The van der Waals surface area contributed by atoms with Gasteiger partial charge in [-0.2, -0.15) is 0 Å². The van der Waals surface area contributed by atoms with E-state index in [-0.39, 0.29) is 0 Å². The molecular formula is C14H22N4. The summed E-state index contributed by atoms with van der Waals surface area (Å²) in [6, 6.07) is 5.78. The van der Waals surface area contributed by atoms with E-state index in [1.165, 1.54) is 0 Å². The normalized spacial score (nSPS) is 11.8. The second-order valence-electron chi connectivity index (χ2n) is 5.18. The third kappa shape index (κ3) is 3.01. The van der Waals surface area contributed by atoms with Crippen LogP contribution in [0.1, 0.15) is 26.6 Å². The number of aromatic nitrogens is 2. The molecule has 0 bridgehead atoms. The highest BCUT2D eigenvalue weighted by molar-refractivity contribution is 5.78. The van der Waals surface area contributed by atoms with Gasteiger partial charge in [0.05, 0.1) is 17.6 Å². The molecule has 0 aliphatic heterocycles. The molecule has 0 spiro atoms. The van der Waals surface area contributed by atoms with E-state index in [9.17, 15) is 0 Å². The Hall–Kier alpha value is -1.55. The second-order valence-corrected chi connectivity index (χ2v) is 5.18. The van der Waals surface area contributed by atoms with Gasteiger partial charge in [-0.05, 0) is 30.7 Å². The van der Waals surface area contributed by atoms with Crippen molar-refractivity contribution in [2.75, 3.05) is 18.8 Å². The Kier molecular flexibility index (Phi) is 3.87. The van der Waals surface area contributed by atoms with E-state index < -0.39 is 0 Å². The van der Waals surface area contributed by atoms with Crippen molar-refractivity contribution in [2.45, 2.75) is 27.3 Å². The van der Waals surface area contributed by atoms with Gasteiger partial charge in [-0.3, -0.25) is 4.90 Å². The monoisotopic (exact) mass is 246 g/mol. The maximum Gasteiger partial charge on any atom is 0.121 e. The van der Waals surface area contributed by atoms with Gasteiger partial charge < -0.3 is 10.7 Å². The highest BCUT2D eigenvalue weighted by Crippen LogP contribution is 2.16. The number of nitrogens with zero attached hydrogens (tertiary/aromatic N) is 2. The summed E-state index contributed by atoms with van der Waals surface area (Å²) >= 11 is 0. The van der Waals surface area contributed by atoms with Crippen LogP contribution in [0.15, 0.2) is 18.2 Å². The second kappa shape index (κ2) is 5.40. The summed E-state index contributed by atoms with van der Waals surface area (Å²) < 4.78 is 0. The van der Waals surface area contributed by atoms with Gasteiger partial charge in [0.2, 0.25) is 0 Å². The van der Waals surface area contributed by atoms with Gasteiger partial charge in [-0.25, -0.2) is 4.98 Å². The molecule has 0 saturated heterocycles. The van der Waals surface area contributed by atoms with Gasteiger partial charge in [0.1, 0.15) is 5.82 Å². The maximum absolute atomic E-state index is 5.77.